The first-order valence-corrected chi connectivity index (χ1v) is 5.79. The second-order valence-corrected chi connectivity index (χ2v) is 4.22. The number of nitrogens with one attached hydrogen (secondary N) is 1. The lowest BCUT2D eigenvalue weighted by atomic mass is 10.1. The van der Waals surface area contributed by atoms with Crippen LogP contribution in [0, 0.1) is 22.9 Å². The SMILES string of the molecule is Cc1ccc(C(=O)Nc2cccc(F)c2)cc1[N+](=O)[O-]. The predicted octanol–water partition coefficient (Wildman–Crippen LogP) is 3.29. The first-order valence-electron chi connectivity index (χ1n) is 5.79. The Labute approximate surface area is 114 Å². The lowest BCUT2D eigenvalue weighted by molar-refractivity contribution is -0.385. The standard InChI is InChI=1S/C14H11FN2O3/c1-9-5-6-10(7-13(9)17(19)20)14(18)16-12-4-2-3-11(15)8-12/h2-8H,1H3,(H,16,18). The fourth-order valence-electron chi connectivity index (χ4n) is 1.72. The summed E-state index contributed by atoms with van der Waals surface area (Å²) in [5.74, 6) is -1.00. The van der Waals surface area contributed by atoms with Crippen LogP contribution in [0.3, 0.4) is 0 Å². The van der Waals surface area contributed by atoms with Crippen LogP contribution in [-0.4, -0.2) is 10.8 Å². The Kier molecular flexibility index (Phi) is 3.74. The van der Waals surface area contributed by atoms with Crippen molar-refractivity contribution in [3.05, 3.63) is 69.5 Å². The molecule has 0 aromatic heterocycles. The van der Waals surface area contributed by atoms with E-state index >= 15 is 0 Å². The maximum atomic E-state index is 13.0. The minimum Gasteiger partial charge on any atom is -0.322 e. The summed E-state index contributed by atoms with van der Waals surface area (Å²) < 4.78 is 13.0. The minimum absolute atomic E-state index is 0.128. The molecule has 6 heteroatoms. The van der Waals surface area contributed by atoms with E-state index in [1.54, 1.807) is 6.92 Å². The molecule has 0 heterocycles. The van der Waals surface area contributed by atoms with Crippen LogP contribution in [0.5, 0.6) is 0 Å². The Bertz CT molecular complexity index is 686. The number of amides is 1. The Morgan fingerprint density at radius 2 is 2.00 bits per heavy atom. The molecule has 2 rings (SSSR count). The van der Waals surface area contributed by atoms with Crippen molar-refractivity contribution < 1.29 is 14.1 Å². The Morgan fingerprint density at radius 3 is 2.65 bits per heavy atom. The summed E-state index contributed by atoms with van der Waals surface area (Å²) in [7, 11) is 0. The fraction of sp³-hybridized carbons (Fsp3) is 0.0714. The van der Waals surface area contributed by atoms with E-state index in [1.807, 2.05) is 0 Å². The molecule has 0 unspecified atom stereocenters. The van der Waals surface area contributed by atoms with Gasteiger partial charge in [-0.1, -0.05) is 12.1 Å². The number of halogens is 1. The van der Waals surface area contributed by atoms with Crippen LogP contribution in [0.25, 0.3) is 0 Å². The molecule has 0 spiro atoms. The minimum atomic E-state index is -0.547. The molecule has 0 aliphatic carbocycles. The molecule has 0 saturated heterocycles. The molecule has 1 N–H and O–H groups in total. The van der Waals surface area contributed by atoms with E-state index < -0.39 is 16.6 Å². The Morgan fingerprint density at radius 1 is 1.25 bits per heavy atom. The number of carbonyl (C=O) groups is 1. The molecular weight excluding hydrogens is 263 g/mol. The summed E-state index contributed by atoms with van der Waals surface area (Å²) in [4.78, 5) is 22.2. The van der Waals surface area contributed by atoms with Crippen molar-refractivity contribution in [2.75, 3.05) is 5.32 Å². The highest BCUT2D eigenvalue weighted by molar-refractivity contribution is 6.04. The Balaban J connectivity index is 2.26. The van der Waals surface area contributed by atoms with Crippen LogP contribution in [0.4, 0.5) is 15.8 Å². The van der Waals surface area contributed by atoms with Crippen molar-refractivity contribution in [1.29, 1.82) is 0 Å². The molecule has 20 heavy (non-hydrogen) atoms. The monoisotopic (exact) mass is 274 g/mol. The normalized spacial score (nSPS) is 10.1. The van der Waals surface area contributed by atoms with Crippen molar-refractivity contribution >= 4 is 17.3 Å². The van der Waals surface area contributed by atoms with Gasteiger partial charge < -0.3 is 5.32 Å². The maximum Gasteiger partial charge on any atom is 0.273 e. The number of benzene rings is 2. The number of anilines is 1. The van der Waals surface area contributed by atoms with Gasteiger partial charge in [-0.2, -0.15) is 0 Å². The zero-order valence-electron chi connectivity index (χ0n) is 10.6. The summed E-state index contributed by atoms with van der Waals surface area (Å²) in [6.45, 7) is 1.59. The lowest BCUT2D eigenvalue weighted by Gasteiger charge is -2.06. The third kappa shape index (κ3) is 2.97. The molecule has 0 fully saturated rings. The number of rotatable bonds is 3. The number of nitro groups is 1. The molecule has 0 bridgehead atoms. The molecular formula is C14H11FN2O3. The third-order valence-electron chi connectivity index (χ3n) is 2.75. The van der Waals surface area contributed by atoms with Crippen LogP contribution in [0.15, 0.2) is 42.5 Å². The van der Waals surface area contributed by atoms with Gasteiger partial charge in [-0.25, -0.2) is 4.39 Å². The van der Waals surface area contributed by atoms with Crippen LogP contribution in [0.2, 0.25) is 0 Å². The second-order valence-electron chi connectivity index (χ2n) is 4.22. The molecule has 0 atom stereocenters. The van der Waals surface area contributed by atoms with Gasteiger partial charge in [0.25, 0.3) is 11.6 Å². The van der Waals surface area contributed by atoms with E-state index in [2.05, 4.69) is 5.32 Å². The van der Waals surface area contributed by atoms with E-state index in [0.29, 0.717) is 11.3 Å². The lowest BCUT2D eigenvalue weighted by Crippen LogP contribution is -2.12. The number of nitrogens with zero attached hydrogens (tertiary/aromatic N) is 1. The quantitative estimate of drug-likeness (QED) is 0.689. The number of hydrogen-bond donors (Lipinski definition) is 1. The van der Waals surface area contributed by atoms with E-state index in [1.165, 1.54) is 42.5 Å². The number of carbonyl (C=O) groups excluding carboxylic acids is 1. The van der Waals surface area contributed by atoms with Crippen LogP contribution >= 0.6 is 0 Å². The summed E-state index contributed by atoms with van der Waals surface area (Å²) in [6.07, 6.45) is 0. The van der Waals surface area contributed by atoms with Crippen molar-refractivity contribution in [2.24, 2.45) is 0 Å². The zero-order valence-corrected chi connectivity index (χ0v) is 10.6. The zero-order chi connectivity index (χ0) is 14.7. The van der Waals surface area contributed by atoms with Gasteiger partial charge >= 0.3 is 0 Å². The first-order chi connectivity index (χ1) is 9.47. The smallest absolute Gasteiger partial charge is 0.273 e. The molecule has 0 saturated carbocycles. The average Bonchev–Trinajstić information content (AvgIpc) is 2.38. The summed E-state index contributed by atoms with van der Waals surface area (Å²) in [5, 5.41) is 13.3. The average molecular weight is 274 g/mol. The fourth-order valence-corrected chi connectivity index (χ4v) is 1.72. The van der Waals surface area contributed by atoms with Gasteiger partial charge in [0.1, 0.15) is 5.82 Å². The molecule has 1 amide bonds. The molecule has 0 radical (unpaired) electrons. The van der Waals surface area contributed by atoms with Crippen LogP contribution < -0.4 is 5.32 Å². The maximum absolute atomic E-state index is 13.0. The summed E-state index contributed by atoms with van der Waals surface area (Å²) >= 11 is 0. The molecule has 102 valence electrons. The van der Waals surface area contributed by atoms with E-state index in [4.69, 9.17) is 0 Å². The van der Waals surface area contributed by atoms with Crippen molar-refractivity contribution in [3.8, 4) is 0 Å². The third-order valence-corrected chi connectivity index (χ3v) is 2.75. The molecule has 5 nitrogen and oxygen atoms in total. The van der Waals surface area contributed by atoms with Crippen molar-refractivity contribution in [2.45, 2.75) is 6.92 Å². The largest absolute Gasteiger partial charge is 0.322 e. The number of hydrogen-bond acceptors (Lipinski definition) is 3. The van der Waals surface area contributed by atoms with Crippen molar-refractivity contribution in [1.82, 2.24) is 0 Å². The van der Waals surface area contributed by atoms with Gasteiger partial charge in [0.15, 0.2) is 0 Å². The van der Waals surface area contributed by atoms with Gasteiger partial charge in [0.05, 0.1) is 4.92 Å². The van der Waals surface area contributed by atoms with Gasteiger partial charge in [-0.15, -0.1) is 0 Å². The van der Waals surface area contributed by atoms with Gasteiger partial charge in [0, 0.05) is 22.9 Å². The van der Waals surface area contributed by atoms with Crippen molar-refractivity contribution in [3.63, 3.8) is 0 Å². The topological polar surface area (TPSA) is 72.2 Å². The molecule has 2 aromatic carbocycles. The number of aryl methyl sites for hydroxylation is 1. The predicted molar refractivity (Wildman–Crippen MR) is 72.2 cm³/mol. The van der Waals surface area contributed by atoms with Crippen LogP contribution in [-0.2, 0) is 0 Å². The highest BCUT2D eigenvalue weighted by Crippen LogP contribution is 2.20. The van der Waals surface area contributed by atoms with Gasteiger partial charge in [0.2, 0.25) is 0 Å². The highest BCUT2D eigenvalue weighted by atomic mass is 19.1. The Hall–Kier alpha value is -2.76. The van der Waals surface area contributed by atoms with E-state index in [9.17, 15) is 19.3 Å². The summed E-state index contributed by atoms with van der Waals surface area (Å²) in [6, 6.07) is 9.60. The molecule has 0 aliphatic heterocycles. The first kappa shape index (κ1) is 13.7. The van der Waals surface area contributed by atoms with E-state index in [0.717, 1.165) is 0 Å². The van der Waals surface area contributed by atoms with Gasteiger partial charge in [-0.05, 0) is 31.2 Å². The highest BCUT2D eigenvalue weighted by Gasteiger charge is 2.15. The second kappa shape index (κ2) is 5.48. The summed E-state index contributed by atoms with van der Waals surface area (Å²) in [5.41, 5.74) is 0.777. The molecule has 2 aromatic rings. The van der Waals surface area contributed by atoms with Crippen LogP contribution in [0.1, 0.15) is 15.9 Å². The van der Waals surface area contributed by atoms with Gasteiger partial charge in [-0.3, -0.25) is 14.9 Å². The van der Waals surface area contributed by atoms with E-state index in [-0.39, 0.29) is 11.3 Å². The number of nitro benzene ring substituents is 1. The molecule has 0 aliphatic rings.